The molecule has 0 N–H and O–H groups in total. The van der Waals surface area contributed by atoms with E-state index in [4.69, 9.17) is 0 Å². The van der Waals surface area contributed by atoms with Crippen molar-refractivity contribution in [3.05, 3.63) is 35.4 Å². The van der Waals surface area contributed by atoms with Gasteiger partial charge in [-0.2, -0.15) is 0 Å². The predicted molar refractivity (Wildman–Crippen MR) is 63.6 cm³/mol. The topological polar surface area (TPSA) is 0 Å². The van der Waals surface area contributed by atoms with Gasteiger partial charge in [0.1, 0.15) is 0 Å². The van der Waals surface area contributed by atoms with Crippen LogP contribution in [0.1, 0.15) is 44.7 Å². The van der Waals surface area contributed by atoms with Gasteiger partial charge in [-0.15, -0.1) is 0 Å². The molecule has 0 atom stereocenters. The van der Waals surface area contributed by atoms with Gasteiger partial charge in [0.15, 0.2) is 0 Å². The Kier molecular flexibility index (Phi) is 4.72. The molecule has 0 radical (unpaired) electrons. The lowest BCUT2D eigenvalue weighted by Gasteiger charge is -2.09. The Hall–Kier alpha value is -0.780. The van der Waals surface area contributed by atoms with Crippen LogP contribution in [0.2, 0.25) is 0 Å². The van der Waals surface area contributed by atoms with Crippen molar-refractivity contribution in [2.75, 3.05) is 0 Å². The Labute approximate surface area is 88.4 Å². The number of rotatable bonds is 5. The van der Waals surface area contributed by atoms with Crippen molar-refractivity contribution in [1.82, 2.24) is 0 Å². The van der Waals surface area contributed by atoms with Gasteiger partial charge in [-0.1, -0.05) is 51.5 Å². The molecular formula is C14H22. The Balaban J connectivity index is 2.64. The van der Waals surface area contributed by atoms with E-state index in [2.05, 4.69) is 45.0 Å². The molecule has 0 bridgehead atoms. The minimum absolute atomic E-state index is 0.810. The van der Waals surface area contributed by atoms with Crippen LogP contribution in [0.15, 0.2) is 24.3 Å². The molecule has 0 nitrogen and oxygen atoms in total. The predicted octanol–water partition coefficient (Wildman–Crippen LogP) is 4.23. The molecule has 78 valence electrons. The first kappa shape index (κ1) is 11.3. The molecule has 0 saturated carbocycles. The van der Waals surface area contributed by atoms with Crippen molar-refractivity contribution >= 4 is 0 Å². The highest BCUT2D eigenvalue weighted by molar-refractivity contribution is 5.27. The van der Waals surface area contributed by atoms with Crippen molar-refractivity contribution in [1.29, 1.82) is 0 Å². The van der Waals surface area contributed by atoms with Crippen molar-refractivity contribution < 1.29 is 0 Å². The van der Waals surface area contributed by atoms with E-state index in [9.17, 15) is 0 Å². The standard InChI is InChI=1S/C14H22/c1-4-7-13-8-5-6-9-14(13)11-10-12(2)3/h5-6,8-9,12H,4,7,10-11H2,1-3H3. The maximum Gasteiger partial charge on any atom is -0.0274 e. The number of benzene rings is 1. The Bertz CT molecular complexity index is 260. The minimum atomic E-state index is 0.810. The van der Waals surface area contributed by atoms with Crippen LogP contribution in [0.5, 0.6) is 0 Å². The van der Waals surface area contributed by atoms with Crippen LogP contribution in [0, 0.1) is 5.92 Å². The third-order valence-electron chi connectivity index (χ3n) is 2.63. The Morgan fingerprint density at radius 2 is 1.57 bits per heavy atom. The SMILES string of the molecule is CCCc1ccccc1CCC(C)C. The molecule has 1 aromatic rings. The summed E-state index contributed by atoms with van der Waals surface area (Å²) in [6, 6.07) is 8.88. The lowest BCUT2D eigenvalue weighted by molar-refractivity contribution is 0.584. The van der Waals surface area contributed by atoms with E-state index >= 15 is 0 Å². The summed E-state index contributed by atoms with van der Waals surface area (Å²) in [4.78, 5) is 0. The molecule has 14 heavy (non-hydrogen) atoms. The first-order chi connectivity index (χ1) is 6.74. The molecular weight excluding hydrogens is 168 g/mol. The highest BCUT2D eigenvalue weighted by Gasteiger charge is 2.01. The molecule has 1 aromatic carbocycles. The fourth-order valence-corrected chi connectivity index (χ4v) is 1.76. The van der Waals surface area contributed by atoms with Crippen LogP contribution in [0.25, 0.3) is 0 Å². The third kappa shape index (κ3) is 3.53. The van der Waals surface area contributed by atoms with Gasteiger partial charge in [-0.3, -0.25) is 0 Å². The summed E-state index contributed by atoms with van der Waals surface area (Å²) >= 11 is 0. The molecule has 0 aliphatic rings. The molecule has 0 aliphatic carbocycles. The van der Waals surface area contributed by atoms with Crippen LogP contribution >= 0.6 is 0 Å². The van der Waals surface area contributed by atoms with Crippen molar-refractivity contribution in [3.8, 4) is 0 Å². The summed E-state index contributed by atoms with van der Waals surface area (Å²) in [7, 11) is 0. The summed E-state index contributed by atoms with van der Waals surface area (Å²) in [5, 5.41) is 0. The summed E-state index contributed by atoms with van der Waals surface area (Å²) in [5.74, 6) is 0.810. The molecule has 0 saturated heterocycles. The van der Waals surface area contributed by atoms with Gasteiger partial charge >= 0.3 is 0 Å². The number of hydrogen-bond donors (Lipinski definition) is 0. The van der Waals surface area contributed by atoms with Gasteiger partial charge in [0.2, 0.25) is 0 Å². The first-order valence-electron chi connectivity index (χ1n) is 5.80. The Morgan fingerprint density at radius 3 is 2.07 bits per heavy atom. The van der Waals surface area contributed by atoms with Crippen molar-refractivity contribution in [3.63, 3.8) is 0 Å². The van der Waals surface area contributed by atoms with E-state index in [-0.39, 0.29) is 0 Å². The average Bonchev–Trinajstić information content (AvgIpc) is 2.17. The lowest BCUT2D eigenvalue weighted by Crippen LogP contribution is -1.97. The zero-order chi connectivity index (χ0) is 10.4. The second-order valence-corrected chi connectivity index (χ2v) is 4.45. The summed E-state index contributed by atoms with van der Waals surface area (Å²) in [6.45, 7) is 6.84. The summed E-state index contributed by atoms with van der Waals surface area (Å²) in [5.41, 5.74) is 3.11. The lowest BCUT2D eigenvalue weighted by atomic mass is 9.96. The quantitative estimate of drug-likeness (QED) is 0.652. The smallest absolute Gasteiger partial charge is 0.0274 e. The van der Waals surface area contributed by atoms with Gasteiger partial charge in [0.25, 0.3) is 0 Å². The van der Waals surface area contributed by atoms with Crippen molar-refractivity contribution in [2.45, 2.75) is 46.5 Å². The zero-order valence-corrected chi connectivity index (χ0v) is 9.72. The van der Waals surface area contributed by atoms with Gasteiger partial charge in [-0.25, -0.2) is 0 Å². The molecule has 0 amide bonds. The van der Waals surface area contributed by atoms with Crippen molar-refractivity contribution in [2.24, 2.45) is 5.92 Å². The Morgan fingerprint density at radius 1 is 1.00 bits per heavy atom. The highest BCUT2D eigenvalue weighted by Crippen LogP contribution is 2.15. The molecule has 0 heteroatoms. The fraction of sp³-hybridized carbons (Fsp3) is 0.571. The van der Waals surface area contributed by atoms with E-state index in [1.54, 1.807) is 11.1 Å². The summed E-state index contributed by atoms with van der Waals surface area (Å²) < 4.78 is 0. The molecule has 0 heterocycles. The average molecular weight is 190 g/mol. The highest BCUT2D eigenvalue weighted by atomic mass is 14.1. The van der Waals surface area contributed by atoms with Crippen LogP contribution in [0.4, 0.5) is 0 Å². The van der Waals surface area contributed by atoms with E-state index in [1.807, 2.05) is 0 Å². The van der Waals surface area contributed by atoms with E-state index in [0.717, 1.165) is 5.92 Å². The molecule has 0 spiro atoms. The number of hydrogen-bond acceptors (Lipinski definition) is 0. The monoisotopic (exact) mass is 190 g/mol. The minimum Gasteiger partial charge on any atom is -0.0651 e. The molecule has 0 aliphatic heterocycles. The van der Waals surface area contributed by atoms with Gasteiger partial charge in [0.05, 0.1) is 0 Å². The zero-order valence-electron chi connectivity index (χ0n) is 9.72. The fourth-order valence-electron chi connectivity index (χ4n) is 1.76. The summed E-state index contributed by atoms with van der Waals surface area (Å²) in [6.07, 6.45) is 5.03. The van der Waals surface area contributed by atoms with Crippen LogP contribution in [0.3, 0.4) is 0 Å². The maximum absolute atomic E-state index is 2.29. The maximum atomic E-state index is 2.29. The van der Waals surface area contributed by atoms with E-state index in [1.165, 1.54) is 25.7 Å². The van der Waals surface area contributed by atoms with Gasteiger partial charge < -0.3 is 0 Å². The van der Waals surface area contributed by atoms with Gasteiger partial charge in [-0.05, 0) is 36.3 Å². The van der Waals surface area contributed by atoms with Crippen LogP contribution in [-0.2, 0) is 12.8 Å². The largest absolute Gasteiger partial charge is 0.0651 e. The second kappa shape index (κ2) is 5.85. The second-order valence-electron chi connectivity index (χ2n) is 4.45. The third-order valence-corrected chi connectivity index (χ3v) is 2.63. The molecule has 0 aromatic heterocycles. The van der Waals surface area contributed by atoms with Crippen LogP contribution < -0.4 is 0 Å². The normalized spacial score (nSPS) is 10.9. The van der Waals surface area contributed by atoms with E-state index < -0.39 is 0 Å². The first-order valence-corrected chi connectivity index (χ1v) is 5.80. The van der Waals surface area contributed by atoms with Gasteiger partial charge in [0, 0.05) is 0 Å². The number of aryl methyl sites for hydroxylation is 2. The van der Waals surface area contributed by atoms with Crippen LogP contribution in [-0.4, -0.2) is 0 Å². The molecule has 0 fully saturated rings. The molecule has 1 rings (SSSR count). The van der Waals surface area contributed by atoms with E-state index in [0.29, 0.717) is 0 Å². The molecule has 0 unspecified atom stereocenters.